The predicted octanol–water partition coefficient (Wildman–Crippen LogP) is 2.05. The van der Waals surface area contributed by atoms with Crippen LogP contribution in [0.1, 0.15) is 46.5 Å². The van der Waals surface area contributed by atoms with Crippen LogP contribution in [-0.2, 0) is 14.3 Å². The number of carboxylic acid groups (broad SMARTS) is 1. The molecule has 0 radical (unpaired) electrons. The van der Waals surface area contributed by atoms with Gasteiger partial charge in [0.2, 0.25) is 5.91 Å². The Hall–Kier alpha value is -1.10. The molecule has 5 heteroatoms. The molecule has 1 amide bonds. The normalized spacial score (nSPS) is 23.8. The minimum absolute atomic E-state index is 0.0317. The fourth-order valence-electron chi connectivity index (χ4n) is 2.63. The average Bonchev–Trinajstić information content (AvgIpc) is 2.78. The third-order valence-corrected chi connectivity index (χ3v) is 4.13. The lowest BCUT2D eigenvalue weighted by Crippen LogP contribution is -2.38. The summed E-state index contributed by atoms with van der Waals surface area (Å²) in [4.78, 5) is 22.6. The standard InChI is InChI=1S/C15H27NO4/c1-10(2)12(4-5-13(17)18)6-8-16-15(19)14-11(3)7-9-20-14/h10-12,14H,4-9H2,1-3H3,(H,16,19)(H,17,18). The molecule has 0 saturated carbocycles. The zero-order chi connectivity index (χ0) is 15.1. The molecule has 0 aromatic carbocycles. The van der Waals surface area contributed by atoms with Crippen LogP contribution in [0.25, 0.3) is 0 Å². The topological polar surface area (TPSA) is 75.6 Å². The Morgan fingerprint density at radius 3 is 2.55 bits per heavy atom. The summed E-state index contributed by atoms with van der Waals surface area (Å²) in [6.45, 7) is 7.47. The third-order valence-electron chi connectivity index (χ3n) is 4.13. The second kappa shape index (κ2) is 8.25. The molecule has 20 heavy (non-hydrogen) atoms. The van der Waals surface area contributed by atoms with Gasteiger partial charge >= 0.3 is 5.97 Å². The van der Waals surface area contributed by atoms with E-state index in [0.29, 0.717) is 31.4 Å². The Morgan fingerprint density at radius 1 is 1.35 bits per heavy atom. The summed E-state index contributed by atoms with van der Waals surface area (Å²) in [6.07, 6.45) is 2.30. The van der Waals surface area contributed by atoms with E-state index in [4.69, 9.17) is 9.84 Å². The van der Waals surface area contributed by atoms with Crippen molar-refractivity contribution in [2.75, 3.05) is 13.2 Å². The van der Waals surface area contributed by atoms with E-state index in [2.05, 4.69) is 19.2 Å². The molecule has 0 bridgehead atoms. The number of hydrogen-bond acceptors (Lipinski definition) is 3. The van der Waals surface area contributed by atoms with E-state index in [0.717, 1.165) is 12.8 Å². The van der Waals surface area contributed by atoms with Crippen LogP contribution >= 0.6 is 0 Å². The van der Waals surface area contributed by atoms with Crippen molar-refractivity contribution in [1.82, 2.24) is 5.32 Å². The molecule has 0 spiro atoms. The molecule has 0 aromatic heterocycles. The van der Waals surface area contributed by atoms with Crippen LogP contribution in [-0.4, -0.2) is 36.2 Å². The maximum atomic E-state index is 11.9. The minimum atomic E-state index is -0.757. The number of hydrogen-bond donors (Lipinski definition) is 2. The number of rotatable bonds is 8. The van der Waals surface area contributed by atoms with E-state index >= 15 is 0 Å². The van der Waals surface area contributed by atoms with Gasteiger partial charge in [-0.3, -0.25) is 9.59 Å². The monoisotopic (exact) mass is 285 g/mol. The maximum Gasteiger partial charge on any atom is 0.303 e. The Morgan fingerprint density at radius 2 is 2.05 bits per heavy atom. The number of ether oxygens (including phenoxy) is 1. The number of carboxylic acids is 1. The van der Waals surface area contributed by atoms with Crippen molar-refractivity contribution in [2.45, 2.75) is 52.6 Å². The van der Waals surface area contributed by atoms with Crippen LogP contribution in [0.5, 0.6) is 0 Å². The second-order valence-corrected chi connectivity index (χ2v) is 6.07. The SMILES string of the molecule is CC(C)C(CCNC(=O)C1OCCC1C)CCC(=O)O. The van der Waals surface area contributed by atoms with Crippen LogP contribution < -0.4 is 5.32 Å². The zero-order valence-corrected chi connectivity index (χ0v) is 12.7. The highest BCUT2D eigenvalue weighted by atomic mass is 16.5. The van der Waals surface area contributed by atoms with Crippen LogP contribution in [0.4, 0.5) is 0 Å². The molecule has 1 rings (SSSR count). The Kier molecular flexibility index (Phi) is 6.99. The second-order valence-electron chi connectivity index (χ2n) is 6.07. The van der Waals surface area contributed by atoms with Crippen LogP contribution in [0.15, 0.2) is 0 Å². The molecule has 1 saturated heterocycles. The lowest BCUT2D eigenvalue weighted by molar-refractivity contribution is -0.137. The highest BCUT2D eigenvalue weighted by molar-refractivity contribution is 5.81. The molecule has 1 aliphatic rings. The van der Waals surface area contributed by atoms with Gasteiger partial charge in [-0.2, -0.15) is 0 Å². The molecule has 1 fully saturated rings. The van der Waals surface area contributed by atoms with Gasteiger partial charge in [-0.1, -0.05) is 20.8 Å². The van der Waals surface area contributed by atoms with Gasteiger partial charge in [0.15, 0.2) is 0 Å². The van der Waals surface area contributed by atoms with Gasteiger partial charge in [-0.05, 0) is 37.0 Å². The van der Waals surface area contributed by atoms with Crippen molar-refractivity contribution in [1.29, 1.82) is 0 Å². The predicted molar refractivity (Wildman–Crippen MR) is 76.3 cm³/mol. The quantitative estimate of drug-likeness (QED) is 0.715. The summed E-state index contributed by atoms with van der Waals surface area (Å²) >= 11 is 0. The van der Waals surface area contributed by atoms with Crippen LogP contribution in [0.3, 0.4) is 0 Å². The molecule has 3 atom stereocenters. The molecule has 3 unspecified atom stereocenters. The smallest absolute Gasteiger partial charge is 0.303 e. The molecular formula is C15H27NO4. The lowest BCUT2D eigenvalue weighted by atomic mass is 9.88. The molecule has 1 aliphatic heterocycles. The summed E-state index contributed by atoms with van der Waals surface area (Å²) < 4.78 is 5.42. The Labute approximate surface area is 121 Å². The van der Waals surface area contributed by atoms with E-state index in [1.165, 1.54) is 0 Å². The van der Waals surface area contributed by atoms with E-state index in [9.17, 15) is 9.59 Å². The summed E-state index contributed by atoms with van der Waals surface area (Å²) in [5.74, 6) is 0.243. The van der Waals surface area contributed by atoms with Crippen LogP contribution in [0.2, 0.25) is 0 Å². The number of carbonyl (C=O) groups excluding carboxylic acids is 1. The molecule has 5 nitrogen and oxygen atoms in total. The van der Waals surface area contributed by atoms with Gasteiger partial charge in [0.1, 0.15) is 6.10 Å². The highest BCUT2D eigenvalue weighted by Gasteiger charge is 2.30. The summed E-state index contributed by atoms with van der Waals surface area (Å²) in [5.41, 5.74) is 0. The van der Waals surface area contributed by atoms with Crippen molar-refractivity contribution in [3.05, 3.63) is 0 Å². The average molecular weight is 285 g/mol. The van der Waals surface area contributed by atoms with Gasteiger partial charge in [0.05, 0.1) is 0 Å². The molecule has 1 heterocycles. The van der Waals surface area contributed by atoms with Crippen molar-refractivity contribution in [3.8, 4) is 0 Å². The third kappa shape index (κ3) is 5.49. The summed E-state index contributed by atoms with van der Waals surface area (Å²) in [6, 6.07) is 0. The van der Waals surface area contributed by atoms with Crippen molar-refractivity contribution in [3.63, 3.8) is 0 Å². The maximum absolute atomic E-state index is 11.9. The van der Waals surface area contributed by atoms with E-state index < -0.39 is 5.97 Å². The van der Waals surface area contributed by atoms with Crippen molar-refractivity contribution < 1.29 is 19.4 Å². The van der Waals surface area contributed by atoms with Gasteiger partial charge in [0.25, 0.3) is 0 Å². The van der Waals surface area contributed by atoms with Gasteiger partial charge in [0, 0.05) is 19.6 Å². The Balaban J connectivity index is 2.29. The van der Waals surface area contributed by atoms with Crippen LogP contribution in [0, 0.1) is 17.8 Å². The first-order chi connectivity index (χ1) is 9.41. The fourth-order valence-corrected chi connectivity index (χ4v) is 2.63. The Bertz CT molecular complexity index is 330. The minimum Gasteiger partial charge on any atom is -0.481 e. The van der Waals surface area contributed by atoms with Crippen molar-refractivity contribution in [2.24, 2.45) is 17.8 Å². The number of carbonyl (C=O) groups is 2. The summed E-state index contributed by atoms with van der Waals surface area (Å²) in [5, 5.41) is 11.7. The van der Waals surface area contributed by atoms with Gasteiger partial charge in [-0.15, -0.1) is 0 Å². The lowest BCUT2D eigenvalue weighted by Gasteiger charge is -2.21. The highest BCUT2D eigenvalue weighted by Crippen LogP contribution is 2.22. The van der Waals surface area contributed by atoms with E-state index in [-0.39, 0.29) is 24.3 Å². The van der Waals surface area contributed by atoms with E-state index in [1.807, 2.05) is 6.92 Å². The van der Waals surface area contributed by atoms with Crippen molar-refractivity contribution >= 4 is 11.9 Å². The first kappa shape index (κ1) is 17.0. The molecule has 0 aliphatic carbocycles. The first-order valence-corrected chi connectivity index (χ1v) is 7.53. The molecular weight excluding hydrogens is 258 g/mol. The fraction of sp³-hybridized carbons (Fsp3) is 0.867. The molecule has 116 valence electrons. The largest absolute Gasteiger partial charge is 0.481 e. The number of amides is 1. The first-order valence-electron chi connectivity index (χ1n) is 7.53. The molecule has 2 N–H and O–H groups in total. The van der Waals surface area contributed by atoms with Gasteiger partial charge in [-0.25, -0.2) is 0 Å². The van der Waals surface area contributed by atoms with Gasteiger partial charge < -0.3 is 15.2 Å². The number of aliphatic carboxylic acids is 1. The summed E-state index contributed by atoms with van der Waals surface area (Å²) in [7, 11) is 0. The molecule has 0 aromatic rings. The van der Waals surface area contributed by atoms with E-state index in [1.54, 1.807) is 0 Å². The number of nitrogens with one attached hydrogen (secondary N) is 1. The zero-order valence-electron chi connectivity index (χ0n) is 12.7.